The van der Waals surface area contributed by atoms with E-state index in [1.165, 1.54) is 7.11 Å². The molecule has 0 aromatic heterocycles. The maximum atomic E-state index is 10.9. The number of ether oxygens (including phenoxy) is 3. The number of esters is 1. The minimum atomic E-state index is -0.741. The number of nitrogens with zero attached hydrogens (tertiary/aromatic N) is 1. The van der Waals surface area contributed by atoms with Crippen molar-refractivity contribution >= 4 is 5.97 Å². The van der Waals surface area contributed by atoms with Crippen LogP contribution in [0.3, 0.4) is 0 Å². The lowest BCUT2D eigenvalue weighted by atomic mass is 10.3. The Hall–Kier alpha value is -1.70. The number of hydrogen-bond acceptors (Lipinski definition) is 5. The molecular weight excluding hydrogens is 162 g/mol. The third kappa shape index (κ3) is 1.48. The van der Waals surface area contributed by atoms with Crippen molar-refractivity contribution < 1.29 is 19.0 Å². The van der Waals surface area contributed by atoms with Crippen LogP contribution >= 0.6 is 0 Å². The standard InChI is InChI=1S/C7H7NO4/c1-10-6(9)5(4-8)7-11-2-3-12-7/h2-3H2,1H3. The van der Waals surface area contributed by atoms with Crippen LogP contribution in [-0.2, 0) is 19.0 Å². The van der Waals surface area contributed by atoms with E-state index in [9.17, 15) is 4.79 Å². The van der Waals surface area contributed by atoms with Gasteiger partial charge in [-0.2, -0.15) is 5.26 Å². The van der Waals surface area contributed by atoms with Gasteiger partial charge in [-0.05, 0) is 0 Å². The summed E-state index contributed by atoms with van der Waals surface area (Å²) in [5.41, 5.74) is -0.227. The second-order valence-electron chi connectivity index (χ2n) is 1.96. The third-order valence-electron chi connectivity index (χ3n) is 1.26. The Labute approximate surface area is 69.1 Å². The first-order chi connectivity index (χ1) is 5.79. The van der Waals surface area contributed by atoms with Crippen LogP contribution in [0.2, 0.25) is 0 Å². The highest BCUT2D eigenvalue weighted by atomic mass is 16.7. The summed E-state index contributed by atoms with van der Waals surface area (Å²) in [7, 11) is 1.19. The summed E-state index contributed by atoms with van der Waals surface area (Å²) in [4.78, 5) is 10.9. The van der Waals surface area contributed by atoms with Crippen LogP contribution < -0.4 is 0 Å². The normalized spacial score (nSPS) is 14.2. The van der Waals surface area contributed by atoms with E-state index in [0.717, 1.165) is 0 Å². The zero-order valence-corrected chi connectivity index (χ0v) is 6.49. The van der Waals surface area contributed by atoms with Gasteiger partial charge >= 0.3 is 11.9 Å². The quantitative estimate of drug-likeness (QED) is 0.312. The molecule has 0 N–H and O–H groups in total. The molecule has 1 fully saturated rings. The molecule has 0 amide bonds. The largest absolute Gasteiger partial charge is 0.465 e. The van der Waals surface area contributed by atoms with E-state index in [1.807, 2.05) is 0 Å². The second-order valence-corrected chi connectivity index (χ2v) is 1.96. The molecule has 64 valence electrons. The number of carbonyl (C=O) groups excluding carboxylic acids is 1. The van der Waals surface area contributed by atoms with E-state index in [4.69, 9.17) is 14.7 Å². The van der Waals surface area contributed by atoms with Crippen molar-refractivity contribution in [1.29, 1.82) is 5.26 Å². The number of nitriles is 1. The Morgan fingerprint density at radius 3 is 2.58 bits per heavy atom. The van der Waals surface area contributed by atoms with Gasteiger partial charge in [0.15, 0.2) is 0 Å². The average Bonchev–Trinajstić information content (AvgIpc) is 2.58. The van der Waals surface area contributed by atoms with Gasteiger partial charge in [0.1, 0.15) is 19.3 Å². The monoisotopic (exact) mass is 169 g/mol. The fourth-order valence-corrected chi connectivity index (χ4v) is 0.731. The number of hydrogen-bond donors (Lipinski definition) is 0. The summed E-state index contributed by atoms with van der Waals surface area (Å²) in [6.07, 6.45) is 0. The molecule has 5 nitrogen and oxygen atoms in total. The van der Waals surface area contributed by atoms with Crippen LogP contribution in [0.4, 0.5) is 0 Å². The molecule has 1 heterocycles. The van der Waals surface area contributed by atoms with E-state index in [1.54, 1.807) is 6.07 Å². The number of methoxy groups -OCH3 is 1. The van der Waals surface area contributed by atoms with Crippen molar-refractivity contribution in [2.24, 2.45) is 0 Å². The smallest absolute Gasteiger partial charge is 0.356 e. The number of carbonyl (C=O) groups is 1. The first-order valence-corrected chi connectivity index (χ1v) is 3.28. The van der Waals surface area contributed by atoms with Crippen LogP contribution in [0.5, 0.6) is 0 Å². The van der Waals surface area contributed by atoms with Crippen molar-refractivity contribution in [2.45, 2.75) is 0 Å². The molecule has 5 heteroatoms. The predicted molar refractivity (Wildman–Crippen MR) is 36.6 cm³/mol. The fourth-order valence-electron chi connectivity index (χ4n) is 0.731. The van der Waals surface area contributed by atoms with E-state index in [2.05, 4.69) is 4.74 Å². The van der Waals surface area contributed by atoms with Crippen LogP contribution in [0, 0.1) is 11.3 Å². The predicted octanol–water partition coefficient (Wildman–Crippen LogP) is -0.0586. The van der Waals surface area contributed by atoms with E-state index >= 15 is 0 Å². The highest BCUT2D eigenvalue weighted by Gasteiger charge is 2.22. The molecule has 0 aromatic rings. The Kier molecular flexibility index (Phi) is 2.53. The zero-order valence-electron chi connectivity index (χ0n) is 6.49. The molecule has 1 aliphatic rings. The third-order valence-corrected chi connectivity index (χ3v) is 1.26. The lowest BCUT2D eigenvalue weighted by Crippen LogP contribution is -2.06. The van der Waals surface area contributed by atoms with Crippen LogP contribution in [-0.4, -0.2) is 26.3 Å². The summed E-state index contributed by atoms with van der Waals surface area (Å²) in [6.45, 7) is 0.717. The average molecular weight is 169 g/mol. The summed E-state index contributed by atoms with van der Waals surface area (Å²) >= 11 is 0. The molecule has 0 aromatic carbocycles. The van der Waals surface area contributed by atoms with Crippen molar-refractivity contribution in [3.05, 3.63) is 11.5 Å². The van der Waals surface area contributed by atoms with Crippen molar-refractivity contribution in [3.8, 4) is 6.07 Å². The molecule has 0 saturated carbocycles. The molecule has 12 heavy (non-hydrogen) atoms. The lowest BCUT2D eigenvalue weighted by Gasteiger charge is -1.99. The van der Waals surface area contributed by atoms with E-state index < -0.39 is 5.97 Å². The van der Waals surface area contributed by atoms with Gasteiger partial charge in [-0.1, -0.05) is 0 Å². The van der Waals surface area contributed by atoms with Gasteiger partial charge in [0, 0.05) is 0 Å². The Morgan fingerprint density at radius 1 is 1.58 bits per heavy atom. The van der Waals surface area contributed by atoms with Crippen molar-refractivity contribution in [3.63, 3.8) is 0 Å². The Balaban J connectivity index is 2.86. The van der Waals surface area contributed by atoms with Crippen LogP contribution in [0.15, 0.2) is 11.5 Å². The van der Waals surface area contributed by atoms with Crippen LogP contribution in [0.25, 0.3) is 0 Å². The molecule has 0 atom stereocenters. The topological polar surface area (TPSA) is 68.6 Å². The molecule has 0 spiro atoms. The van der Waals surface area contributed by atoms with Crippen molar-refractivity contribution in [1.82, 2.24) is 0 Å². The summed E-state index contributed by atoms with van der Waals surface area (Å²) < 4.78 is 14.1. The molecule has 1 rings (SSSR count). The zero-order chi connectivity index (χ0) is 8.97. The fraction of sp³-hybridized carbons (Fsp3) is 0.429. The molecule has 0 aliphatic carbocycles. The minimum Gasteiger partial charge on any atom is -0.465 e. The van der Waals surface area contributed by atoms with Crippen molar-refractivity contribution in [2.75, 3.05) is 20.3 Å². The molecule has 0 bridgehead atoms. The first kappa shape index (κ1) is 8.40. The van der Waals surface area contributed by atoms with Gasteiger partial charge in [-0.15, -0.1) is 0 Å². The summed E-state index contributed by atoms with van der Waals surface area (Å²) in [5, 5.41) is 8.52. The number of rotatable bonds is 1. The summed E-state index contributed by atoms with van der Waals surface area (Å²) in [5.74, 6) is -0.779. The van der Waals surface area contributed by atoms with E-state index in [0.29, 0.717) is 13.2 Å². The molecule has 1 aliphatic heterocycles. The van der Waals surface area contributed by atoms with Gasteiger partial charge in [0.2, 0.25) is 5.57 Å². The SMILES string of the molecule is COC(=O)C(C#N)=C1OCCO1. The van der Waals surface area contributed by atoms with Gasteiger partial charge < -0.3 is 14.2 Å². The van der Waals surface area contributed by atoms with Gasteiger partial charge in [-0.25, -0.2) is 4.79 Å². The minimum absolute atomic E-state index is 0.0376. The van der Waals surface area contributed by atoms with Gasteiger partial charge in [0.25, 0.3) is 0 Å². The maximum absolute atomic E-state index is 10.9. The molecular formula is C7H7NO4. The van der Waals surface area contributed by atoms with Crippen LogP contribution in [0.1, 0.15) is 0 Å². The maximum Gasteiger partial charge on any atom is 0.356 e. The lowest BCUT2D eigenvalue weighted by molar-refractivity contribution is -0.136. The van der Waals surface area contributed by atoms with E-state index in [-0.39, 0.29) is 11.5 Å². The van der Waals surface area contributed by atoms with Gasteiger partial charge in [0.05, 0.1) is 7.11 Å². The molecule has 1 saturated heterocycles. The molecule has 0 radical (unpaired) electrons. The second kappa shape index (κ2) is 3.62. The molecule has 0 unspecified atom stereocenters. The highest BCUT2D eigenvalue weighted by Crippen LogP contribution is 2.13. The summed E-state index contributed by atoms with van der Waals surface area (Å²) in [6, 6.07) is 1.65. The Morgan fingerprint density at radius 2 is 2.17 bits per heavy atom. The first-order valence-electron chi connectivity index (χ1n) is 3.28. The van der Waals surface area contributed by atoms with Gasteiger partial charge in [-0.3, -0.25) is 0 Å². The Bertz CT molecular complexity index is 255. The highest BCUT2D eigenvalue weighted by molar-refractivity contribution is 5.92.